The Labute approximate surface area is 114 Å². The Morgan fingerprint density at radius 3 is 2.79 bits per heavy atom. The van der Waals surface area contributed by atoms with Gasteiger partial charge >= 0.3 is 0 Å². The number of hydrogen-bond donors (Lipinski definition) is 1. The smallest absolute Gasteiger partial charge is 0.133 e. The summed E-state index contributed by atoms with van der Waals surface area (Å²) in [5, 5.41) is 2.89. The number of hydrogen-bond acceptors (Lipinski definition) is 5. The highest BCUT2D eigenvalue weighted by molar-refractivity contribution is 7.13. The summed E-state index contributed by atoms with van der Waals surface area (Å²) in [6.45, 7) is 3.88. The molecule has 0 fully saturated rings. The molecule has 0 spiro atoms. The minimum atomic E-state index is 0.503. The van der Waals surface area contributed by atoms with Crippen molar-refractivity contribution in [2.45, 2.75) is 13.8 Å². The zero-order chi connectivity index (χ0) is 13.4. The minimum absolute atomic E-state index is 0.503. The van der Waals surface area contributed by atoms with Gasteiger partial charge in [0.15, 0.2) is 0 Å². The van der Waals surface area contributed by atoms with Crippen LogP contribution in [0.5, 0.6) is 0 Å². The van der Waals surface area contributed by atoms with E-state index in [0.717, 1.165) is 33.3 Å². The first-order valence-corrected chi connectivity index (χ1v) is 6.77. The average Bonchev–Trinajstić information content (AvgIpc) is 2.96. The van der Waals surface area contributed by atoms with E-state index in [2.05, 4.69) is 9.97 Å². The summed E-state index contributed by atoms with van der Waals surface area (Å²) < 4.78 is 5.54. The number of aryl methyl sites for hydroxylation is 2. The SMILES string of the molecule is Cc1cc(-c2csc(-c3cccnc3N)n2)c(C)o1. The van der Waals surface area contributed by atoms with Gasteiger partial charge in [-0.2, -0.15) is 0 Å². The average molecular weight is 271 g/mol. The second kappa shape index (κ2) is 4.51. The zero-order valence-electron chi connectivity index (χ0n) is 10.7. The van der Waals surface area contributed by atoms with E-state index >= 15 is 0 Å². The molecule has 0 bridgehead atoms. The van der Waals surface area contributed by atoms with E-state index in [1.807, 2.05) is 37.4 Å². The lowest BCUT2D eigenvalue weighted by Gasteiger charge is -1.99. The Hall–Kier alpha value is -2.14. The summed E-state index contributed by atoms with van der Waals surface area (Å²) >= 11 is 1.56. The summed E-state index contributed by atoms with van der Waals surface area (Å²) in [5.74, 6) is 2.28. The molecule has 0 saturated heterocycles. The van der Waals surface area contributed by atoms with E-state index in [0.29, 0.717) is 5.82 Å². The van der Waals surface area contributed by atoms with Crippen molar-refractivity contribution in [3.63, 3.8) is 0 Å². The molecule has 3 aromatic heterocycles. The van der Waals surface area contributed by atoms with Gasteiger partial charge in [-0.15, -0.1) is 11.3 Å². The molecule has 0 radical (unpaired) electrons. The van der Waals surface area contributed by atoms with Crippen molar-refractivity contribution >= 4 is 17.2 Å². The molecule has 0 atom stereocenters. The number of aromatic nitrogens is 2. The molecule has 0 aromatic carbocycles. The molecule has 0 aliphatic rings. The van der Waals surface area contributed by atoms with E-state index in [-0.39, 0.29) is 0 Å². The first-order valence-electron chi connectivity index (χ1n) is 5.89. The molecule has 3 aromatic rings. The Bertz CT molecular complexity index is 730. The van der Waals surface area contributed by atoms with Crippen LogP contribution in [-0.2, 0) is 0 Å². The molecule has 96 valence electrons. The van der Waals surface area contributed by atoms with Crippen LogP contribution >= 0.6 is 11.3 Å². The fourth-order valence-electron chi connectivity index (χ4n) is 2.00. The largest absolute Gasteiger partial charge is 0.466 e. The van der Waals surface area contributed by atoms with Gasteiger partial charge in [0.2, 0.25) is 0 Å². The van der Waals surface area contributed by atoms with Crippen LogP contribution in [0.15, 0.2) is 34.2 Å². The second-order valence-corrected chi connectivity index (χ2v) is 5.16. The van der Waals surface area contributed by atoms with Crippen molar-refractivity contribution in [1.29, 1.82) is 0 Å². The molecule has 2 N–H and O–H groups in total. The molecule has 0 saturated carbocycles. The fourth-order valence-corrected chi connectivity index (χ4v) is 2.86. The molecule has 5 heteroatoms. The molecular weight excluding hydrogens is 258 g/mol. The second-order valence-electron chi connectivity index (χ2n) is 4.30. The zero-order valence-corrected chi connectivity index (χ0v) is 11.5. The molecule has 0 amide bonds. The maximum atomic E-state index is 5.87. The lowest BCUT2D eigenvalue weighted by Crippen LogP contribution is -1.92. The number of rotatable bonds is 2. The third-order valence-corrected chi connectivity index (χ3v) is 3.77. The fraction of sp³-hybridized carbons (Fsp3) is 0.143. The maximum Gasteiger partial charge on any atom is 0.133 e. The molecule has 3 heterocycles. The predicted octanol–water partition coefficient (Wildman–Crippen LogP) is 3.66. The number of thiazole rings is 1. The Morgan fingerprint density at radius 1 is 1.26 bits per heavy atom. The molecular formula is C14H13N3OS. The van der Waals surface area contributed by atoms with Crippen LogP contribution in [-0.4, -0.2) is 9.97 Å². The van der Waals surface area contributed by atoms with E-state index in [4.69, 9.17) is 10.2 Å². The highest BCUT2D eigenvalue weighted by Gasteiger charge is 2.13. The molecule has 0 aliphatic carbocycles. The monoisotopic (exact) mass is 271 g/mol. The number of nitrogens with zero attached hydrogens (tertiary/aromatic N) is 2. The number of nitrogens with two attached hydrogens (primary N) is 1. The Balaban J connectivity index is 2.05. The van der Waals surface area contributed by atoms with Crippen LogP contribution in [0.1, 0.15) is 11.5 Å². The van der Waals surface area contributed by atoms with Gasteiger partial charge in [0, 0.05) is 17.1 Å². The normalized spacial score (nSPS) is 10.8. The minimum Gasteiger partial charge on any atom is -0.466 e. The Kier molecular flexibility index (Phi) is 2.83. The predicted molar refractivity (Wildman–Crippen MR) is 76.9 cm³/mol. The number of pyridine rings is 1. The lowest BCUT2D eigenvalue weighted by atomic mass is 10.2. The van der Waals surface area contributed by atoms with Crippen molar-refractivity contribution in [1.82, 2.24) is 9.97 Å². The lowest BCUT2D eigenvalue weighted by molar-refractivity contribution is 0.505. The van der Waals surface area contributed by atoms with E-state index in [1.54, 1.807) is 17.5 Å². The first kappa shape index (κ1) is 11.9. The van der Waals surface area contributed by atoms with Gasteiger partial charge in [-0.1, -0.05) is 0 Å². The van der Waals surface area contributed by atoms with Gasteiger partial charge in [0.1, 0.15) is 22.3 Å². The van der Waals surface area contributed by atoms with Gasteiger partial charge in [-0.3, -0.25) is 0 Å². The summed E-state index contributed by atoms with van der Waals surface area (Å²) in [7, 11) is 0. The Morgan fingerprint density at radius 2 is 2.11 bits per heavy atom. The molecule has 19 heavy (non-hydrogen) atoms. The van der Waals surface area contributed by atoms with Gasteiger partial charge in [-0.05, 0) is 32.0 Å². The van der Waals surface area contributed by atoms with Crippen LogP contribution in [0.3, 0.4) is 0 Å². The molecule has 3 rings (SSSR count). The van der Waals surface area contributed by atoms with E-state index < -0.39 is 0 Å². The summed E-state index contributed by atoms with van der Waals surface area (Å²) in [4.78, 5) is 8.71. The standard InChI is InChI=1S/C14H13N3OS/c1-8-6-11(9(2)18-8)12-7-19-14(17-12)10-4-3-5-16-13(10)15/h3-7H,1-2H3,(H2,15,16). The van der Waals surface area contributed by atoms with Crippen LogP contribution in [0.25, 0.3) is 21.8 Å². The summed E-state index contributed by atoms with van der Waals surface area (Å²) in [6.07, 6.45) is 1.68. The van der Waals surface area contributed by atoms with Crippen molar-refractivity contribution in [3.8, 4) is 21.8 Å². The highest BCUT2D eigenvalue weighted by atomic mass is 32.1. The first-order chi connectivity index (χ1) is 9.15. The van der Waals surface area contributed by atoms with Gasteiger partial charge in [0.05, 0.1) is 11.3 Å². The topological polar surface area (TPSA) is 64.9 Å². The third kappa shape index (κ3) is 2.13. The summed E-state index contributed by atoms with van der Waals surface area (Å²) in [5.41, 5.74) is 8.69. The van der Waals surface area contributed by atoms with E-state index in [9.17, 15) is 0 Å². The number of furan rings is 1. The molecule has 0 aliphatic heterocycles. The van der Waals surface area contributed by atoms with Gasteiger partial charge in [-0.25, -0.2) is 9.97 Å². The highest BCUT2D eigenvalue weighted by Crippen LogP contribution is 2.33. The number of anilines is 1. The maximum absolute atomic E-state index is 5.87. The van der Waals surface area contributed by atoms with E-state index in [1.165, 1.54) is 0 Å². The molecule has 0 unspecified atom stereocenters. The van der Waals surface area contributed by atoms with Crippen LogP contribution in [0.2, 0.25) is 0 Å². The van der Waals surface area contributed by atoms with Crippen LogP contribution in [0.4, 0.5) is 5.82 Å². The number of nitrogen functional groups attached to an aromatic ring is 1. The van der Waals surface area contributed by atoms with Gasteiger partial charge < -0.3 is 10.2 Å². The van der Waals surface area contributed by atoms with Gasteiger partial charge in [0.25, 0.3) is 0 Å². The molecule has 4 nitrogen and oxygen atoms in total. The van der Waals surface area contributed by atoms with Crippen molar-refractivity contribution < 1.29 is 4.42 Å². The van der Waals surface area contributed by atoms with Crippen molar-refractivity contribution in [2.75, 3.05) is 5.73 Å². The van der Waals surface area contributed by atoms with Crippen molar-refractivity contribution in [2.24, 2.45) is 0 Å². The van der Waals surface area contributed by atoms with Crippen molar-refractivity contribution in [3.05, 3.63) is 41.3 Å². The van der Waals surface area contributed by atoms with Crippen LogP contribution in [0, 0.1) is 13.8 Å². The summed E-state index contributed by atoms with van der Waals surface area (Å²) in [6, 6.07) is 5.79. The van der Waals surface area contributed by atoms with Crippen LogP contribution < -0.4 is 5.73 Å². The third-order valence-electron chi connectivity index (χ3n) is 2.89. The quantitative estimate of drug-likeness (QED) is 0.772.